The molecular formula is C12H16ClFN2O. The van der Waals surface area contributed by atoms with Crippen molar-refractivity contribution in [3.8, 4) is 0 Å². The summed E-state index contributed by atoms with van der Waals surface area (Å²) in [5.74, 6) is -0.533. The fourth-order valence-corrected chi connectivity index (χ4v) is 2.35. The van der Waals surface area contributed by atoms with Crippen LogP contribution in [0.25, 0.3) is 0 Å². The third-order valence-corrected chi connectivity index (χ3v) is 3.52. The maximum atomic E-state index is 13.1. The van der Waals surface area contributed by atoms with Crippen LogP contribution in [-0.4, -0.2) is 17.3 Å². The number of halogens is 2. The zero-order valence-electron chi connectivity index (χ0n) is 9.47. The Labute approximate surface area is 105 Å². The van der Waals surface area contributed by atoms with E-state index in [1.807, 2.05) is 0 Å². The third kappa shape index (κ3) is 2.82. The first-order valence-electron chi connectivity index (χ1n) is 5.71. The molecule has 0 spiro atoms. The minimum Gasteiger partial charge on any atom is -0.397 e. The number of nitrogens with two attached hydrogens (primary N) is 1. The number of hydrogen-bond donors (Lipinski definition) is 3. The van der Waals surface area contributed by atoms with Gasteiger partial charge in [-0.15, -0.1) is 0 Å². The lowest BCUT2D eigenvalue weighted by atomic mass is 10.0. The summed E-state index contributed by atoms with van der Waals surface area (Å²) in [5.41, 5.74) is 5.87. The smallest absolute Gasteiger partial charge is 0.143 e. The summed E-state index contributed by atoms with van der Waals surface area (Å²) in [4.78, 5) is 0. The zero-order valence-corrected chi connectivity index (χ0v) is 10.2. The van der Waals surface area contributed by atoms with Crippen LogP contribution in [0.5, 0.6) is 0 Å². The van der Waals surface area contributed by atoms with Crippen LogP contribution in [0, 0.1) is 5.82 Å². The fraction of sp³-hybridized carbons (Fsp3) is 0.500. The van der Waals surface area contributed by atoms with E-state index in [-0.39, 0.29) is 5.02 Å². The number of anilines is 2. The van der Waals surface area contributed by atoms with Gasteiger partial charge < -0.3 is 16.2 Å². The van der Waals surface area contributed by atoms with E-state index in [0.717, 1.165) is 25.7 Å². The van der Waals surface area contributed by atoms with Crippen molar-refractivity contribution in [2.45, 2.75) is 31.3 Å². The van der Waals surface area contributed by atoms with Gasteiger partial charge in [-0.2, -0.15) is 0 Å². The summed E-state index contributed by atoms with van der Waals surface area (Å²) in [6.45, 7) is 0.416. The molecule has 1 aliphatic rings. The van der Waals surface area contributed by atoms with Crippen molar-refractivity contribution in [1.29, 1.82) is 0 Å². The van der Waals surface area contributed by atoms with Gasteiger partial charge in [0.15, 0.2) is 0 Å². The van der Waals surface area contributed by atoms with E-state index < -0.39 is 11.4 Å². The molecule has 0 amide bonds. The average molecular weight is 259 g/mol. The second-order valence-electron chi connectivity index (χ2n) is 4.64. The Hall–Kier alpha value is -1.00. The molecule has 2 rings (SSSR count). The van der Waals surface area contributed by atoms with Crippen molar-refractivity contribution in [2.75, 3.05) is 17.6 Å². The van der Waals surface area contributed by atoms with Crippen molar-refractivity contribution in [3.63, 3.8) is 0 Å². The molecule has 0 heterocycles. The molecule has 5 heteroatoms. The lowest BCUT2D eigenvalue weighted by Crippen LogP contribution is -2.33. The third-order valence-electron chi connectivity index (χ3n) is 3.23. The molecule has 94 valence electrons. The van der Waals surface area contributed by atoms with Gasteiger partial charge >= 0.3 is 0 Å². The molecule has 1 fully saturated rings. The van der Waals surface area contributed by atoms with E-state index >= 15 is 0 Å². The quantitative estimate of drug-likeness (QED) is 0.731. The van der Waals surface area contributed by atoms with E-state index in [2.05, 4.69) is 5.32 Å². The first kappa shape index (κ1) is 12.5. The van der Waals surface area contributed by atoms with Gasteiger partial charge in [0, 0.05) is 12.6 Å². The number of nitrogens with one attached hydrogen (secondary N) is 1. The summed E-state index contributed by atoms with van der Waals surface area (Å²) in [6, 6.07) is 2.63. The van der Waals surface area contributed by atoms with Crippen LogP contribution in [0.4, 0.5) is 15.8 Å². The van der Waals surface area contributed by atoms with Crippen molar-refractivity contribution >= 4 is 23.0 Å². The second kappa shape index (κ2) is 4.70. The highest BCUT2D eigenvalue weighted by Gasteiger charge is 2.30. The molecule has 1 saturated carbocycles. The predicted octanol–water partition coefficient (Wildman–Crippen LogP) is 2.78. The van der Waals surface area contributed by atoms with Crippen molar-refractivity contribution in [1.82, 2.24) is 0 Å². The minimum atomic E-state index is -0.673. The van der Waals surface area contributed by atoms with Gasteiger partial charge in [0.2, 0.25) is 0 Å². The van der Waals surface area contributed by atoms with Crippen LogP contribution < -0.4 is 11.1 Å². The topological polar surface area (TPSA) is 58.3 Å². The minimum absolute atomic E-state index is 0.0279. The number of nitrogen functional groups attached to an aromatic ring is 1. The average Bonchev–Trinajstić information content (AvgIpc) is 2.69. The monoisotopic (exact) mass is 258 g/mol. The standard InChI is InChI=1S/C12H16ClFN2O/c13-8-5-11(10(15)6-9(8)14)16-7-12(17)3-1-2-4-12/h5-6,16-17H,1-4,7,15H2. The fourth-order valence-electron chi connectivity index (χ4n) is 2.18. The highest BCUT2D eigenvalue weighted by Crippen LogP contribution is 2.31. The molecular weight excluding hydrogens is 243 g/mol. The molecule has 17 heavy (non-hydrogen) atoms. The zero-order chi connectivity index (χ0) is 12.5. The summed E-state index contributed by atoms with van der Waals surface area (Å²) in [6.07, 6.45) is 3.65. The van der Waals surface area contributed by atoms with Gasteiger partial charge in [0.1, 0.15) is 5.82 Å². The molecule has 0 unspecified atom stereocenters. The van der Waals surface area contributed by atoms with Crippen LogP contribution in [-0.2, 0) is 0 Å². The number of aliphatic hydroxyl groups is 1. The Morgan fingerprint density at radius 2 is 2.06 bits per heavy atom. The number of hydrogen-bond acceptors (Lipinski definition) is 3. The lowest BCUT2D eigenvalue weighted by Gasteiger charge is -2.23. The van der Waals surface area contributed by atoms with Crippen molar-refractivity contribution in [2.24, 2.45) is 0 Å². The van der Waals surface area contributed by atoms with E-state index in [0.29, 0.717) is 17.9 Å². The summed E-state index contributed by atoms with van der Waals surface area (Å²) in [5, 5.41) is 13.2. The Bertz CT molecular complexity index is 419. The maximum Gasteiger partial charge on any atom is 0.143 e. The largest absolute Gasteiger partial charge is 0.397 e. The molecule has 0 atom stereocenters. The first-order chi connectivity index (χ1) is 8.00. The normalized spacial score (nSPS) is 18.3. The highest BCUT2D eigenvalue weighted by atomic mass is 35.5. The van der Waals surface area contributed by atoms with Gasteiger partial charge in [-0.05, 0) is 18.9 Å². The van der Waals surface area contributed by atoms with Crippen LogP contribution in [0.3, 0.4) is 0 Å². The summed E-state index contributed by atoms with van der Waals surface area (Å²) < 4.78 is 13.1. The van der Waals surface area contributed by atoms with E-state index in [1.165, 1.54) is 12.1 Å². The number of benzene rings is 1. The Morgan fingerprint density at radius 3 is 2.71 bits per heavy atom. The van der Waals surface area contributed by atoms with Crippen molar-refractivity contribution < 1.29 is 9.50 Å². The van der Waals surface area contributed by atoms with Gasteiger partial charge in [-0.1, -0.05) is 24.4 Å². The van der Waals surface area contributed by atoms with E-state index in [9.17, 15) is 9.50 Å². The molecule has 3 nitrogen and oxygen atoms in total. The summed E-state index contributed by atoms with van der Waals surface area (Å²) in [7, 11) is 0. The van der Waals surface area contributed by atoms with Gasteiger partial charge in [0.05, 0.1) is 22.0 Å². The second-order valence-corrected chi connectivity index (χ2v) is 5.05. The maximum absolute atomic E-state index is 13.1. The Balaban J connectivity index is 2.06. The molecule has 1 aromatic rings. The van der Waals surface area contributed by atoms with E-state index in [4.69, 9.17) is 17.3 Å². The molecule has 0 bridgehead atoms. The number of rotatable bonds is 3. The van der Waals surface area contributed by atoms with Crippen molar-refractivity contribution in [3.05, 3.63) is 23.0 Å². The molecule has 0 radical (unpaired) electrons. The van der Waals surface area contributed by atoms with Gasteiger partial charge in [0.25, 0.3) is 0 Å². The molecule has 0 saturated heterocycles. The van der Waals surface area contributed by atoms with Crippen LogP contribution in [0.1, 0.15) is 25.7 Å². The Kier molecular flexibility index (Phi) is 3.45. The van der Waals surface area contributed by atoms with E-state index in [1.54, 1.807) is 0 Å². The van der Waals surface area contributed by atoms with Crippen LogP contribution in [0.2, 0.25) is 5.02 Å². The van der Waals surface area contributed by atoms with Gasteiger partial charge in [-0.25, -0.2) is 4.39 Å². The Morgan fingerprint density at radius 1 is 1.41 bits per heavy atom. The first-order valence-corrected chi connectivity index (χ1v) is 6.09. The molecule has 0 aliphatic heterocycles. The molecule has 0 aromatic heterocycles. The van der Waals surface area contributed by atoms with Crippen LogP contribution in [0.15, 0.2) is 12.1 Å². The highest BCUT2D eigenvalue weighted by molar-refractivity contribution is 6.31. The molecule has 4 N–H and O–H groups in total. The SMILES string of the molecule is Nc1cc(F)c(Cl)cc1NCC1(O)CCCC1. The summed E-state index contributed by atoms with van der Waals surface area (Å²) >= 11 is 5.68. The molecule has 1 aliphatic carbocycles. The van der Waals surface area contributed by atoms with Crippen LogP contribution >= 0.6 is 11.6 Å². The lowest BCUT2D eigenvalue weighted by molar-refractivity contribution is 0.0615. The molecule has 1 aromatic carbocycles. The predicted molar refractivity (Wildman–Crippen MR) is 67.7 cm³/mol. The van der Waals surface area contributed by atoms with Gasteiger partial charge in [-0.3, -0.25) is 0 Å².